The summed E-state index contributed by atoms with van der Waals surface area (Å²) in [6.07, 6.45) is 0. The first-order chi connectivity index (χ1) is 10.6. The van der Waals surface area contributed by atoms with Crippen molar-refractivity contribution in [2.75, 3.05) is 12.4 Å². The third-order valence-corrected chi connectivity index (χ3v) is 3.86. The van der Waals surface area contributed by atoms with Gasteiger partial charge in [0.2, 0.25) is 0 Å². The Hall–Kier alpha value is -1.56. The zero-order chi connectivity index (χ0) is 15.9. The number of halogens is 2. The van der Waals surface area contributed by atoms with Crippen LogP contribution in [0.2, 0.25) is 5.02 Å². The van der Waals surface area contributed by atoms with E-state index in [1.54, 1.807) is 7.11 Å². The van der Waals surface area contributed by atoms with Crippen LogP contribution in [0.5, 0.6) is 0 Å². The molecule has 0 aliphatic heterocycles. The molecule has 22 heavy (non-hydrogen) atoms. The molecule has 0 radical (unpaired) electrons. The summed E-state index contributed by atoms with van der Waals surface area (Å²) in [6.45, 7) is 0.923. The molecule has 4 nitrogen and oxygen atoms in total. The van der Waals surface area contributed by atoms with Crippen molar-refractivity contribution in [2.24, 2.45) is 10.7 Å². The topological polar surface area (TPSA) is 59.6 Å². The van der Waals surface area contributed by atoms with E-state index in [0.717, 1.165) is 21.3 Å². The molecule has 116 valence electrons. The fraction of sp³-hybridized carbons (Fsp3) is 0.188. The first-order valence-corrected chi connectivity index (χ1v) is 7.85. The zero-order valence-electron chi connectivity index (χ0n) is 12.1. The number of rotatable bonds is 5. The molecule has 2 aromatic rings. The lowest BCUT2D eigenvalue weighted by molar-refractivity contribution is 0.185. The van der Waals surface area contributed by atoms with Gasteiger partial charge in [0.25, 0.3) is 0 Å². The first-order valence-electron chi connectivity index (χ1n) is 6.68. The van der Waals surface area contributed by atoms with E-state index in [1.807, 2.05) is 42.5 Å². The van der Waals surface area contributed by atoms with Crippen LogP contribution in [0, 0.1) is 0 Å². The van der Waals surface area contributed by atoms with E-state index in [4.69, 9.17) is 22.1 Å². The molecule has 0 saturated carbocycles. The molecule has 3 N–H and O–H groups in total. The molecule has 0 heterocycles. The summed E-state index contributed by atoms with van der Waals surface area (Å²) in [6, 6.07) is 13.5. The highest BCUT2D eigenvalue weighted by molar-refractivity contribution is 9.10. The van der Waals surface area contributed by atoms with Gasteiger partial charge in [-0.1, -0.05) is 51.8 Å². The average Bonchev–Trinajstić information content (AvgIpc) is 2.48. The molecule has 0 fully saturated rings. The summed E-state index contributed by atoms with van der Waals surface area (Å²) in [5, 5.41) is 3.75. The maximum Gasteiger partial charge on any atom is 0.193 e. The van der Waals surface area contributed by atoms with Crippen LogP contribution >= 0.6 is 27.5 Å². The molecule has 0 atom stereocenters. The van der Waals surface area contributed by atoms with Gasteiger partial charge in [-0.3, -0.25) is 0 Å². The SMILES string of the molecule is COCc1ccccc1NC(N)=NCc1ccc(Br)cc1Cl. The minimum absolute atomic E-state index is 0.336. The number of methoxy groups -OCH3 is 1. The van der Waals surface area contributed by atoms with Crippen molar-refractivity contribution in [3.05, 3.63) is 63.1 Å². The van der Waals surface area contributed by atoms with Crippen molar-refractivity contribution in [1.82, 2.24) is 0 Å². The van der Waals surface area contributed by atoms with Gasteiger partial charge in [-0.25, -0.2) is 4.99 Å². The molecule has 0 amide bonds. The van der Waals surface area contributed by atoms with E-state index >= 15 is 0 Å². The normalized spacial score (nSPS) is 11.5. The smallest absolute Gasteiger partial charge is 0.193 e. The molecule has 0 unspecified atom stereocenters. The Labute approximate surface area is 143 Å². The van der Waals surface area contributed by atoms with Crippen LogP contribution in [-0.4, -0.2) is 13.1 Å². The highest BCUT2D eigenvalue weighted by Crippen LogP contribution is 2.22. The largest absolute Gasteiger partial charge is 0.380 e. The van der Waals surface area contributed by atoms with Gasteiger partial charge in [-0.05, 0) is 23.8 Å². The number of aliphatic imine (C=N–C) groups is 1. The standard InChI is InChI=1S/C16H17BrClN3O/c1-22-10-12-4-2-3-5-15(12)21-16(19)20-9-11-6-7-13(17)8-14(11)18/h2-8H,9-10H2,1H3,(H3,19,20,21). The first kappa shape index (κ1) is 16.8. The highest BCUT2D eigenvalue weighted by atomic mass is 79.9. The number of ether oxygens (including phenoxy) is 1. The number of nitrogens with one attached hydrogen (secondary N) is 1. The summed E-state index contributed by atoms with van der Waals surface area (Å²) >= 11 is 9.54. The zero-order valence-corrected chi connectivity index (χ0v) is 14.5. The van der Waals surface area contributed by atoms with E-state index in [9.17, 15) is 0 Å². The van der Waals surface area contributed by atoms with Crippen molar-refractivity contribution in [3.8, 4) is 0 Å². The Balaban J connectivity index is 2.07. The van der Waals surface area contributed by atoms with Crippen LogP contribution in [0.25, 0.3) is 0 Å². The molecule has 0 saturated heterocycles. The fourth-order valence-electron chi connectivity index (χ4n) is 1.92. The van der Waals surface area contributed by atoms with Crippen molar-refractivity contribution >= 4 is 39.2 Å². The van der Waals surface area contributed by atoms with E-state index < -0.39 is 0 Å². The minimum atomic E-state index is 0.336. The second-order valence-corrected chi connectivity index (χ2v) is 5.98. The highest BCUT2D eigenvalue weighted by Gasteiger charge is 2.04. The third-order valence-electron chi connectivity index (χ3n) is 3.01. The molecular weight excluding hydrogens is 366 g/mol. The van der Waals surface area contributed by atoms with Crippen LogP contribution in [0.1, 0.15) is 11.1 Å². The van der Waals surface area contributed by atoms with Crippen LogP contribution in [0.3, 0.4) is 0 Å². The van der Waals surface area contributed by atoms with Crippen LogP contribution in [-0.2, 0) is 17.9 Å². The van der Waals surface area contributed by atoms with Crippen LogP contribution in [0.15, 0.2) is 51.9 Å². The van der Waals surface area contributed by atoms with Crippen LogP contribution < -0.4 is 11.1 Å². The lowest BCUT2D eigenvalue weighted by atomic mass is 10.2. The lowest BCUT2D eigenvalue weighted by Crippen LogP contribution is -2.23. The summed E-state index contributed by atoms with van der Waals surface area (Å²) in [7, 11) is 1.66. The molecule has 2 aromatic carbocycles. The second kappa shape index (κ2) is 8.17. The summed E-state index contributed by atoms with van der Waals surface area (Å²) in [5.41, 5.74) is 8.76. The summed E-state index contributed by atoms with van der Waals surface area (Å²) in [4.78, 5) is 4.32. The summed E-state index contributed by atoms with van der Waals surface area (Å²) in [5.74, 6) is 0.336. The average molecular weight is 383 g/mol. The molecular formula is C16H17BrClN3O. The number of hydrogen-bond acceptors (Lipinski definition) is 2. The number of nitrogens with zero attached hydrogens (tertiary/aromatic N) is 1. The molecule has 2 rings (SSSR count). The molecule has 0 aromatic heterocycles. The van der Waals surface area contributed by atoms with Crippen LogP contribution in [0.4, 0.5) is 5.69 Å². The summed E-state index contributed by atoms with van der Waals surface area (Å²) < 4.78 is 6.10. The number of hydrogen-bond donors (Lipinski definition) is 2. The molecule has 0 aliphatic rings. The maximum absolute atomic E-state index is 6.16. The molecule has 0 aliphatic carbocycles. The van der Waals surface area contributed by atoms with E-state index in [2.05, 4.69) is 26.2 Å². The van der Waals surface area contributed by atoms with E-state index in [0.29, 0.717) is 24.1 Å². The molecule has 0 bridgehead atoms. The number of benzene rings is 2. The van der Waals surface area contributed by atoms with Gasteiger partial charge in [0.05, 0.1) is 13.2 Å². The maximum atomic E-state index is 6.16. The Kier molecular flexibility index (Phi) is 6.24. The fourth-order valence-corrected chi connectivity index (χ4v) is 2.65. The van der Waals surface area contributed by atoms with Crippen molar-refractivity contribution in [2.45, 2.75) is 13.2 Å². The minimum Gasteiger partial charge on any atom is -0.380 e. The monoisotopic (exact) mass is 381 g/mol. The van der Waals surface area contributed by atoms with Crippen molar-refractivity contribution < 1.29 is 4.74 Å². The van der Waals surface area contributed by atoms with E-state index in [-0.39, 0.29) is 0 Å². The van der Waals surface area contributed by atoms with E-state index in [1.165, 1.54) is 0 Å². The quantitative estimate of drug-likeness (QED) is 0.602. The van der Waals surface area contributed by atoms with Crippen molar-refractivity contribution in [1.29, 1.82) is 0 Å². The van der Waals surface area contributed by atoms with Gasteiger partial charge in [0, 0.05) is 27.9 Å². The van der Waals surface area contributed by atoms with Gasteiger partial charge in [0.1, 0.15) is 0 Å². The number of nitrogens with two attached hydrogens (primary N) is 1. The Morgan fingerprint density at radius 3 is 2.77 bits per heavy atom. The van der Waals surface area contributed by atoms with Gasteiger partial charge in [0.15, 0.2) is 5.96 Å². The molecule has 6 heteroatoms. The Bertz CT molecular complexity index is 676. The Morgan fingerprint density at radius 1 is 1.27 bits per heavy atom. The molecule has 0 spiro atoms. The van der Waals surface area contributed by atoms with Gasteiger partial charge in [-0.2, -0.15) is 0 Å². The number of guanidine groups is 1. The van der Waals surface area contributed by atoms with Crippen molar-refractivity contribution in [3.63, 3.8) is 0 Å². The lowest BCUT2D eigenvalue weighted by Gasteiger charge is -2.11. The predicted molar refractivity (Wildman–Crippen MR) is 95.3 cm³/mol. The predicted octanol–water partition coefficient (Wildman–Crippen LogP) is 4.18. The van der Waals surface area contributed by atoms with Gasteiger partial charge < -0.3 is 15.8 Å². The van der Waals surface area contributed by atoms with Gasteiger partial charge >= 0.3 is 0 Å². The second-order valence-electron chi connectivity index (χ2n) is 4.65. The van der Waals surface area contributed by atoms with Gasteiger partial charge in [-0.15, -0.1) is 0 Å². The number of para-hydroxylation sites is 1. The third kappa shape index (κ3) is 4.73. The Morgan fingerprint density at radius 2 is 2.05 bits per heavy atom. The number of anilines is 1.